The Bertz CT molecular complexity index is 1290. The van der Waals surface area contributed by atoms with Crippen molar-refractivity contribution in [1.29, 1.82) is 0 Å². The Labute approximate surface area is 195 Å². The molecule has 1 amide bonds. The van der Waals surface area contributed by atoms with Gasteiger partial charge in [0.05, 0.1) is 16.3 Å². The van der Waals surface area contributed by atoms with Gasteiger partial charge in [-0.2, -0.15) is 5.10 Å². The lowest BCUT2D eigenvalue weighted by Crippen LogP contribution is -2.30. The maximum Gasteiger partial charge on any atom is 0.305 e. The fourth-order valence-electron chi connectivity index (χ4n) is 3.13. The molecule has 2 aromatic carbocycles. The molecule has 0 aliphatic rings. The first-order chi connectivity index (χ1) is 16.2. The van der Waals surface area contributed by atoms with Crippen LogP contribution < -0.4 is 4.72 Å². The molecule has 0 atom stereocenters. The first kappa shape index (κ1) is 25.0. The van der Waals surface area contributed by atoms with Gasteiger partial charge in [-0.1, -0.05) is 44.2 Å². The van der Waals surface area contributed by atoms with E-state index in [1.807, 2.05) is 4.72 Å². The minimum atomic E-state index is -4.27. The summed E-state index contributed by atoms with van der Waals surface area (Å²) in [5, 5.41) is 4.00. The van der Waals surface area contributed by atoms with Crippen LogP contribution in [0.15, 0.2) is 59.5 Å². The number of aromatic nitrogens is 2. The summed E-state index contributed by atoms with van der Waals surface area (Å²) in [7, 11) is -4.27. The minimum absolute atomic E-state index is 0.0540. The summed E-state index contributed by atoms with van der Waals surface area (Å²) in [4.78, 5) is 23.1. The Morgan fingerprint density at radius 3 is 2.38 bits per heavy atom. The summed E-state index contributed by atoms with van der Waals surface area (Å²) in [6, 6.07) is 14.0. The number of esters is 1. The summed E-state index contributed by atoms with van der Waals surface area (Å²) in [6.45, 7) is 2.68. The van der Waals surface area contributed by atoms with Gasteiger partial charge >= 0.3 is 5.97 Å². The number of hydrogen-bond acceptors (Lipinski definition) is 6. The number of hydrogen-bond donors (Lipinski definition) is 1. The van der Waals surface area contributed by atoms with Gasteiger partial charge in [0.2, 0.25) is 5.91 Å². The molecule has 180 valence electrons. The van der Waals surface area contributed by atoms with Gasteiger partial charge < -0.3 is 4.74 Å². The van der Waals surface area contributed by atoms with Crippen LogP contribution in [0, 0.1) is 0 Å². The van der Waals surface area contributed by atoms with E-state index < -0.39 is 40.6 Å². The highest BCUT2D eigenvalue weighted by Crippen LogP contribution is 2.30. The van der Waals surface area contributed by atoms with E-state index in [9.17, 15) is 26.8 Å². The zero-order valence-corrected chi connectivity index (χ0v) is 19.3. The predicted octanol–water partition coefficient (Wildman–Crippen LogP) is 4.15. The maximum absolute atomic E-state index is 13.4. The van der Waals surface area contributed by atoms with Crippen LogP contribution in [0.4, 0.5) is 8.78 Å². The highest BCUT2D eigenvalue weighted by Gasteiger charge is 2.24. The molecule has 3 aromatic rings. The lowest BCUT2D eigenvalue weighted by molar-refractivity contribution is -0.144. The molecule has 34 heavy (non-hydrogen) atoms. The number of carbonyl (C=O) groups is 2. The molecule has 0 saturated heterocycles. The first-order valence-corrected chi connectivity index (χ1v) is 11.9. The van der Waals surface area contributed by atoms with E-state index in [-0.39, 0.29) is 29.0 Å². The Kier molecular flexibility index (Phi) is 7.77. The number of amides is 1. The highest BCUT2D eigenvalue weighted by atomic mass is 32.2. The Balaban J connectivity index is 2.15. The minimum Gasteiger partial charge on any atom is -0.461 e. The lowest BCUT2D eigenvalue weighted by Gasteiger charge is -2.15. The topological polar surface area (TPSA) is 107 Å². The molecule has 0 bridgehead atoms. The predicted molar refractivity (Wildman–Crippen MR) is 120 cm³/mol. The monoisotopic (exact) mass is 491 g/mol. The van der Waals surface area contributed by atoms with Gasteiger partial charge in [0, 0.05) is 24.0 Å². The van der Waals surface area contributed by atoms with Gasteiger partial charge in [-0.25, -0.2) is 26.6 Å². The molecule has 0 unspecified atom stereocenters. The molecule has 0 radical (unpaired) electrons. The second-order valence-corrected chi connectivity index (χ2v) is 8.87. The average molecular weight is 492 g/mol. The van der Waals surface area contributed by atoms with Crippen LogP contribution in [0.1, 0.15) is 44.4 Å². The molecule has 1 aromatic heterocycles. The van der Waals surface area contributed by atoms with Gasteiger partial charge in [-0.05, 0) is 24.3 Å². The molecule has 1 heterocycles. The van der Waals surface area contributed by atoms with Crippen LogP contribution in [0.25, 0.3) is 16.9 Å². The molecule has 0 saturated carbocycles. The summed E-state index contributed by atoms with van der Waals surface area (Å²) >= 11 is 0. The molecule has 3 rings (SSSR count). The zero-order valence-electron chi connectivity index (χ0n) is 18.5. The number of halogens is 2. The third kappa shape index (κ3) is 5.66. The van der Waals surface area contributed by atoms with Crippen molar-refractivity contribution >= 4 is 21.9 Å². The van der Waals surface area contributed by atoms with Crippen molar-refractivity contribution in [2.24, 2.45) is 0 Å². The van der Waals surface area contributed by atoms with E-state index in [1.54, 1.807) is 37.3 Å². The molecule has 1 N–H and O–H groups in total. The molecule has 0 spiro atoms. The third-order valence-electron chi connectivity index (χ3n) is 4.85. The number of nitrogens with zero attached hydrogens (tertiary/aromatic N) is 2. The Hall–Kier alpha value is -3.60. The van der Waals surface area contributed by atoms with E-state index in [0.29, 0.717) is 11.3 Å². The van der Waals surface area contributed by atoms with Crippen LogP contribution >= 0.6 is 0 Å². The molecular weight excluding hydrogens is 468 g/mol. The van der Waals surface area contributed by atoms with E-state index in [4.69, 9.17) is 4.74 Å². The van der Waals surface area contributed by atoms with Crippen LogP contribution in [-0.2, 0) is 31.0 Å². The standard InChI is InChI=1S/C23H23F2N3O5S/c1-3-21(29)27-34(31,32)20-11-10-17(12-16(20)14-33-22(30)4-2)28-19(13-18(26-28)23(24)25)15-8-6-5-7-9-15/h5-13,23H,3-4,14H2,1-2H3,(H,27,29). The van der Waals surface area contributed by atoms with Crippen LogP contribution in [-0.4, -0.2) is 30.1 Å². The number of carbonyl (C=O) groups excluding carboxylic acids is 2. The number of rotatable bonds is 9. The Morgan fingerprint density at radius 1 is 1.06 bits per heavy atom. The zero-order chi connectivity index (χ0) is 24.9. The lowest BCUT2D eigenvalue weighted by atomic mass is 10.1. The average Bonchev–Trinajstić information content (AvgIpc) is 3.28. The summed E-state index contributed by atoms with van der Waals surface area (Å²) in [5.74, 6) is -1.27. The van der Waals surface area contributed by atoms with Crippen LogP contribution in [0.3, 0.4) is 0 Å². The summed E-state index contributed by atoms with van der Waals surface area (Å²) in [5.41, 5.74) is 0.859. The van der Waals surface area contributed by atoms with Gasteiger partial charge in [0.25, 0.3) is 16.4 Å². The number of nitrogens with one attached hydrogen (secondary N) is 1. The fourth-order valence-corrected chi connectivity index (χ4v) is 4.39. The van der Waals surface area contributed by atoms with E-state index >= 15 is 0 Å². The molecule has 8 nitrogen and oxygen atoms in total. The number of alkyl halides is 2. The molecule has 0 aliphatic carbocycles. The summed E-state index contributed by atoms with van der Waals surface area (Å²) < 4.78 is 60.8. The van der Waals surface area contributed by atoms with E-state index in [0.717, 1.165) is 0 Å². The first-order valence-electron chi connectivity index (χ1n) is 10.4. The smallest absolute Gasteiger partial charge is 0.305 e. The third-order valence-corrected chi connectivity index (χ3v) is 6.32. The van der Waals surface area contributed by atoms with Crippen molar-refractivity contribution in [3.8, 4) is 16.9 Å². The van der Waals surface area contributed by atoms with Crippen molar-refractivity contribution in [2.75, 3.05) is 0 Å². The molecular formula is C23H23F2N3O5S. The van der Waals surface area contributed by atoms with Crippen molar-refractivity contribution in [2.45, 2.75) is 44.6 Å². The Morgan fingerprint density at radius 2 is 1.76 bits per heavy atom. The van der Waals surface area contributed by atoms with Gasteiger partial charge in [0.15, 0.2) is 0 Å². The molecule has 0 aliphatic heterocycles. The largest absolute Gasteiger partial charge is 0.461 e. The quantitative estimate of drug-likeness (QED) is 0.451. The maximum atomic E-state index is 13.4. The number of sulfonamides is 1. The van der Waals surface area contributed by atoms with Gasteiger partial charge in [-0.3, -0.25) is 9.59 Å². The van der Waals surface area contributed by atoms with Gasteiger partial charge in [0.1, 0.15) is 12.3 Å². The fraction of sp³-hybridized carbons (Fsp3) is 0.261. The van der Waals surface area contributed by atoms with Crippen molar-refractivity contribution in [3.63, 3.8) is 0 Å². The van der Waals surface area contributed by atoms with E-state index in [1.165, 1.54) is 35.9 Å². The van der Waals surface area contributed by atoms with Crippen molar-refractivity contribution < 1.29 is 31.5 Å². The van der Waals surface area contributed by atoms with Crippen LogP contribution in [0.5, 0.6) is 0 Å². The molecule has 11 heteroatoms. The van der Waals surface area contributed by atoms with Crippen molar-refractivity contribution in [3.05, 3.63) is 65.9 Å². The summed E-state index contributed by atoms with van der Waals surface area (Å²) in [6.07, 6.45) is -2.80. The van der Waals surface area contributed by atoms with E-state index in [2.05, 4.69) is 5.10 Å². The van der Waals surface area contributed by atoms with Crippen molar-refractivity contribution in [1.82, 2.24) is 14.5 Å². The van der Waals surface area contributed by atoms with Gasteiger partial charge in [-0.15, -0.1) is 0 Å². The SMILES string of the molecule is CCC(=O)NS(=O)(=O)c1ccc(-n2nc(C(F)F)cc2-c2ccccc2)cc1COC(=O)CC. The highest BCUT2D eigenvalue weighted by molar-refractivity contribution is 7.90. The number of benzene rings is 2. The normalized spacial score (nSPS) is 11.4. The second-order valence-electron chi connectivity index (χ2n) is 7.22. The number of ether oxygens (including phenoxy) is 1. The molecule has 0 fully saturated rings. The van der Waals surface area contributed by atoms with Crippen LogP contribution in [0.2, 0.25) is 0 Å². The second kappa shape index (κ2) is 10.6.